The maximum atomic E-state index is 12.1. The van der Waals surface area contributed by atoms with Gasteiger partial charge in [-0.2, -0.15) is 0 Å². The van der Waals surface area contributed by atoms with E-state index in [2.05, 4.69) is 47.1 Å². The summed E-state index contributed by atoms with van der Waals surface area (Å²) in [5.74, 6) is 0.686. The van der Waals surface area contributed by atoms with Gasteiger partial charge in [-0.3, -0.25) is 4.79 Å². The summed E-state index contributed by atoms with van der Waals surface area (Å²) in [5.41, 5.74) is 0. The van der Waals surface area contributed by atoms with E-state index in [1.54, 1.807) is 11.3 Å². The fourth-order valence-electron chi connectivity index (χ4n) is 2.66. The topological polar surface area (TPSA) is 44.4 Å². The number of likely N-dealkylation sites (N-methyl/N-ethyl adjacent to an activating group) is 1. The third-order valence-electron chi connectivity index (χ3n) is 3.86. The van der Waals surface area contributed by atoms with Crippen molar-refractivity contribution in [3.63, 3.8) is 0 Å². The van der Waals surface area contributed by atoms with Crippen LogP contribution in [0.15, 0.2) is 17.5 Å². The first-order valence-corrected chi connectivity index (χ1v) is 8.22. The zero-order chi connectivity index (χ0) is 14.4. The average Bonchev–Trinajstić information content (AvgIpc) is 2.93. The van der Waals surface area contributed by atoms with Gasteiger partial charge < -0.3 is 15.5 Å². The molecule has 1 saturated heterocycles. The largest absolute Gasteiger partial charge is 0.354 e. The lowest BCUT2D eigenvalue weighted by molar-refractivity contribution is -0.122. The molecule has 0 spiro atoms. The summed E-state index contributed by atoms with van der Waals surface area (Å²) in [6, 6.07) is 4.46. The van der Waals surface area contributed by atoms with Gasteiger partial charge in [-0.05, 0) is 57.4 Å². The van der Waals surface area contributed by atoms with Gasteiger partial charge in [0.15, 0.2) is 0 Å². The van der Waals surface area contributed by atoms with Gasteiger partial charge in [-0.25, -0.2) is 0 Å². The summed E-state index contributed by atoms with van der Waals surface area (Å²) in [6.45, 7) is 2.77. The van der Waals surface area contributed by atoms with Crippen LogP contribution >= 0.6 is 11.3 Å². The molecule has 2 atom stereocenters. The zero-order valence-corrected chi connectivity index (χ0v) is 13.2. The molecule has 2 unspecified atom stereocenters. The summed E-state index contributed by atoms with van der Waals surface area (Å²) in [5, 5.41) is 8.54. The van der Waals surface area contributed by atoms with Gasteiger partial charge in [0.25, 0.3) is 0 Å². The molecule has 1 amide bonds. The smallest absolute Gasteiger partial charge is 0.220 e. The van der Waals surface area contributed by atoms with Crippen molar-refractivity contribution in [2.24, 2.45) is 5.92 Å². The quantitative estimate of drug-likeness (QED) is 0.842. The van der Waals surface area contributed by atoms with Crippen LogP contribution in [-0.4, -0.2) is 44.5 Å². The monoisotopic (exact) mass is 295 g/mol. The minimum atomic E-state index is 0.183. The molecule has 1 aromatic heterocycles. The highest BCUT2D eigenvalue weighted by Crippen LogP contribution is 2.22. The number of carbonyl (C=O) groups is 1. The number of carbonyl (C=O) groups excluding carboxylic acids is 1. The average molecular weight is 295 g/mol. The van der Waals surface area contributed by atoms with Crippen LogP contribution in [-0.2, 0) is 4.79 Å². The Morgan fingerprint density at radius 2 is 2.45 bits per heavy atom. The van der Waals surface area contributed by atoms with Gasteiger partial charge >= 0.3 is 0 Å². The normalized spacial score (nSPS) is 20.9. The molecular formula is C15H25N3OS. The maximum Gasteiger partial charge on any atom is 0.220 e. The first-order chi connectivity index (χ1) is 9.66. The summed E-state index contributed by atoms with van der Waals surface area (Å²) >= 11 is 1.74. The lowest BCUT2D eigenvalue weighted by atomic mass is 9.96. The van der Waals surface area contributed by atoms with E-state index in [4.69, 9.17) is 0 Å². The van der Waals surface area contributed by atoms with E-state index in [0.29, 0.717) is 18.9 Å². The van der Waals surface area contributed by atoms with E-state index in [9.17, 15) is 4.79 Å². The molecule has 0 aliphatic carbocycles. The van der Waals surface area contributed by atoms with E-state index in [0.717, 1.165) is 13.1 Å². The van der Waals surface area contributed by atoms with Crippen molar-refractivity contribution in [1.82, 2.24) is 15.5 Å². The summed E-state index contributed by atoms with van der Waals surface area (Å²) in [6.07, 6.45) is 3.01. The van der Waals surface area contributed by atoms with Crippen molar-refractivity contribution < 1.29 is 4.79 Å². The van der Waals surface area contributed by atoms with Crippen LogP contribution in [0.2, 0.25) is 0 Å². The van der Waals surface area contributed by atoms with Gasteiger partial charge in [0.1, 0.15) is 0 Å². The molecule has 1 aromatic rings. The molecule has 20 heavy (non-hydrogen) atoms. The second-order valence-electron chi connectivity index (χ2n) is 5.72. The molecule has 0 saturated carbocycles. The Balaban J connectivity index is 1.78. The van der Waals surface area contributed by atoms with Gasteiger partial charge in [0, 0.05) is 17.8 Å². The molecule has 0 aromatic carbocycles. The van der Waals surface area contributed by atoms with Crippen molar-refractivity contribution in [2.45, 2.75) is 25.3 Å². The summed E-state index contributed by atoms with van der Waals surface area (Å²) < 4.78 is 0. The van der Waals surface area contributed by atoms with E-state index in [1.807, 2.05) is 0 Å². The molecule has 0 bridgehead atoms. The number of hydrogen-bond donors (Lipinski definition) is 2. The Bertz CT molecular complexity index is 399. The van der Waals surface area contributed by atoms with Crippen LogP contribution in [0.1, 0.15) is 30.2 Å². The predicted octanol–water partition coefficient (Wildman–Crippen LogP) is 1.86. The predicted molar refractivity (Wildman–Crippen MR) is 84.0 cm³/mol. The van der Waals surface area contributed by atoms with E-state index < -0.39 is 0 Å². The molecule has 112 valence electrons. The Morgan fingerprint density at radius 1 is 1.60 bits per heavy atom. The number of nitrogens with one attached hydrogen (secondary N) is 2. The standard InChI is InChI=1S/C15H25N3OS/c1-18(2)13(14-6-4-8-20-14)11-17-15(19)9-12-5-3-7-16-10-12/h4,6,8,12-13,16H,3,5,7,9-11H2,1-2H3,(H,17,19). The summed E-state index contributed by atoms with van der Waals surface area (Å²) in [7, 11) is 4.11. The highest BCUT2D eigenvalue weighted by molar-refractivity contribution is 7.10. The molecule has 1 aliphatic heterocycles. The van der Waals surface area contributed by atoms with Crippen LogP contribution < -0.4 is 10.6 Å². The Kier molecular flexibility index (Phi) is 6.01. The summed E-state index contributed by atoms with van der Waals surface area (Å²) in [4.78, 5) is 15.5. The highest BCUT2D eigenvalue weighted by Gasteiger charge is 2.19. The van der Waals surface area contributed by atoms with Crippen LogP contribution in [0.4, 0.5) is 0 Å². The molecule has 5 heteroatoms. The third kappa shape index (κ3) is 4.58. The van der Waals surface area contributed by atoms with Crippen molar-refractivity contribution >= 4 is 17.2 Å². The van der Waals surface area contributed by atoms with Crippen molar-refractivity contribution in [2.75, 3.05) is 33.7 Å². The van der Waals surface area contributed by atoms with Crippen LogP contribution in [0.3, 0.4) is 0 Å². The maximum absolute atomic E-state index is 12.1. The second-order valence-corrected chi connectivity index (χ2v) is 6.69. The molecule has 2 N–H and O–H groups in total. The molecular weight excluding hydrogens is 270 g/mol. The van der Waals surface area contributed by atoms with E-state index in [1.165, 1.54) is 17.7 Å². The van der Waals surface area contributed by atoms with Gasteiger partial charge in [0.05, 0.1) is 6.04 Å². The van der Waals surface area contributed by atoms with Crippen LogP contribution in [0.5, 0.6) is 0 Å². The number of thiophene rings is 1. The third-order valence-corrected chi connectivity index (χ3v) is 4.83. The van der Waals surface area contributed by atoms with Crippen LogP contribution in [0.25, 0.3) is 0 Å². The number of nitrogens with zero attached hydrogens (tertiary/aromatic N) is 1. The molecule has 4 nitrogen and oxygen atoms in total. The minimum Gasteiger partial charge on any atom is -0.354 e. The van der Waals surface area contributed by atoms with Gasteiger partial charge in [-0.1, -0.05) is 6.07 Å². The molecule has 1 aliphatic rings. The Hall–Kier alpha value is -0.910. The van der Waals surface area contributed by atoms with Crippen molar-refractivity contribution in [3.05, 3.63) is 22.4 Å². The fraction of sp³-hybridized carbons (Fsp3) is 0.667. The Morgan fingerprint density at radius 3 is 3.05 bits per heavy atom. The molecule has 0 radical (unpaired) electrons. The molecule has 2 rings (SSSR count). The van der Waals surface area contributed by atoms with Crippen molar-refractivity contribution in [1.29, 1.82) is 0 Å². The minimum absolute atomic E-state index is 0.183. The van der Waals surface area contributed by atoms with Crippen LogP contribution in [0, 0.1) is 5.92 Å². The first kappa shape index (κ1) is 15.5. The van der Waals surface area contributed by atoms with Gasteiger partial charge in [-0.15, -0.1) is 11.3 Å². The molecule has 1 fully saturated rings. The SMILES string of the molecule is CN(C)C(CNC(=O)CC1CCCNC1)c1cccs1. The number of piperidine rings is 1. The number of amides is 1. The highest BCUT2D eigenvalue weighted by atomic mass is 32.1. The van der Waals surface area contributed by atoms with Crippen molar-refractivity contribution in [3.8, 4) is 0 Å². The lowest BCUT2D eigenvalue weighted by Gasteiger charge is -2.25. The zero-order valence-electron chi connectivity index (χ0n) is 12.4. The van der Waals surface area contributed by atoms with E-state index >= 15 is 0 Å². The lowest BCUT2D eigenvalue weighted by Crippen LogP contribution is -2.37. The van der Waals surface area contributed by atoms with E-state index in [-0.39, 0.29) is 11.9 Å². The molecule has 2 heterocycles. The number of rotatable bonds is 6. The first-order valence-electron chi connectivity index (χ1n) is 7.34. The second kappa shape index (κ2) is 7.76. The number of hydrogen-bond acceptors (Lipinski definition) is 4. The Labute approximate surface area is 125 Å². The fourth-order valence-corrected chi connectivity index (χ4v) is 3.58. The van der Waals surface area contributed by atoms with Gasteiger partial charge in [0.2, 0.25) is 5.91 Å².